The lowest BCUT2D eigenvalue weighted by Gasteiger charge is -2.11. The Kier molecular flexibility index (Phi) is 3.40. The molecule has 1 aromatic heterocycles. The summed E-state index contributed by atoms with van der Waals surface area (Å²) in [5, 5.41) is 10.8. The van der Waals surface area contributed by atoms with Crippen molar-refractivity contribution in [3.63, 3.8) is 0 Å². The summed E-state index contributed by atoms with van der Waals surface area (Å²) < 4.78 is 5.75. The molecule has 0 saturated heterocycles. The van der Waals surface area contributed by atoms with Crippen LogP contribution in [0.2, 0.25) is 0 Å². The summed E-state index contributed by atoms with van der Waals surface area (Å²) in [5.41, 5.74) is 5.35. The number of rotatable bonds is 3. The molecule has 3 nitrogen and oxygen atoms in total. The van der Waals surface area contributed by atoms with Crippen LogP contribution < -0.4 is 4.74 Å². The first-order valence-corrected chi connectivity index (χ1v) is 6.16. The fraction of sp³-hybridized carbons (Fsp3) is 0.231. The highest BCUT2D eigenvalue weighted by Crippen LogP contribution is 2.25. The van der Waals surface area contributed by atoms with Crippen LogP contribution in [-0.2, 0) is 6.61 Å². The van der Waals surface area contributed by atoms with Gasteiger partial charge in [-0.1, -0.05) is 0 Å². The molecule has 0 fully saturated rings. The second-order valence-electron chi connectivity index (χ2n) is 3.82. The molecule has 0 unspecified atom stereocenters. The number of nitrogens with zero attached hydrogens (tertiary/aromatic N) is 2. The first-order chi connectivity index (χ1) is 8.20. The van der Waals surface area contributed by atoms with E-state index in [1.165, 1.54) is 0 Å². The summed E-state index contributed by atoms with van der Waals surface area (Å²) in [6.45, 7) is 4.37. The number of benzene rings is 1. The van der Waals surface area contributed by atoms with Crippen LogP contribution in [0.1, 0.15) is 22.4 Å². The number of aromatic nitrogens is 1. The van der Waals surface area contributed by atoms with Gasteiger partial charge in [0.05, 0.1) is 22.8 Å². The topological polar surface area (TPSA) is 45.9 Å². The summed E-state index contributed by atoms with van der Waals surface area (Å²) >= 11 is 1.56. The summed E-state index contributed by atoms with van der Waals surface area (Å²) in [5.74, 6) is 0.844. The minimum absolute atomic E-state index is 0.469. The first kappa shape index (κ1) is 11.6. The van der Waals surface area contributed by atoms with Crippen molar-refractivity contribution in [3.8, 4) is 11.8 Å². The number of thiazole rings is 1. The molecule has 0 bridgehead atoms. The van der Waals surface area contributed by atoms with Crippen molar-refractivity contribution in [2.45, 2.75) is 20.5 Å². The molecule has 0 aliphatic heterocycles. The largest absolute Gasteiger partial charge is 0.487 e. The third-order valence-electron chi connectivity index (χ3n) is 2.44. The minimum atomic E-state index is 0.469. The van der Waals surface area contributed by atoms with E-state index < -0.39 is 0 Å². The molecule has 0 aliphatic rings. The van der Waals surface area contributed by atoms with Gasteiger partial charge in [0, 0.05) is 5.38 Å². The molecule has 1 heterocycles. The maximum absolute atomic E-state index is 8.86. The Labute approximate surface area is 104 Å². The zero-order valence-corrected chi connectivity index (χ0v) is 10.5. The summed E-state index contributed by atoms with van der Waals surface area (Å²) in [4.78, 5) is 4.17. The third kappa shape index (κ3) is 2.63. The van der Waals surface area contributed by atoms with E-state index in [-0.39, 0.29) is 0 Å². The van der Waals surface area contributed by atoms with Crippen molar-refractivity contribution in [1.29, 1.82) is 5.26 Å². The molecule has 4 heteroatoms. The van der Waals surface area contributed by atoms with Gasteiger partial charge >= 0.3 is 0 Å². The lowest BCUT2D eigenvalue weighted by Crippen LogP contribution is -1.99. The summed E-state index contributed by atoms with van der Waals surface area (Å²) in [6.07, 6.45) is 0. The van der Waals surface area contributed by atoms with Gasteiger partial charge in [-0.25, -0.2) is 4.98 Å². The quantitative estimate of drug-likeness (QED) is 0.832. The second kappa shape index (κ2) is 4.98. The van der Waals surface area contributed by atoms with Gasteiger partial charge in [0.15, 0.2) is 0 Å². The number of aryl methyl sites for hydroxylation is 2. The lowest BCUT2D eigenvalue weighted by atomic mass is 10.1. The molecule has 1 aromatic carbocycles. The van der Waals surface area contributed by atoms with Crippen molar-refractivity contribution in [1.82, 2.24) is 4.98 Å². The minimum Gasteiger partial charge on any atom is -0.487 e. The van der Waals surface area contributed by atoms with E-state index in [4.69, 9.17) is 10.00 Å². The van der Waals surface area contributed by atoms with Crippen LogP contribution in [0.4, 0.5) is 0 Å². The zero-order chi connectivity index (χ0) is 12.3. The van der Waals surface area contributed by atoms with Crippen molar-refractivity contribution in [3.05, 3.63) is 45.4 Å². The van der Waals surface area contributed by atoms with Gasteiger partial charge in [0.25, 0.3) is 0 Å². The smallest absolute Gasteiger partial charge is 0.131 e. The Hall–Kier alpha value is -1.86. The number of hydrogen-bond acceptors (Lipinski definition) is 4. The predicted octanol–water partition coefficient (Wildman–Crippen LogP) is 3.21. The molecule has 0 spiro atoms. The Morgan fingerprint density at radius 2 is 2.06 bits per heavy atom. The highest BCUT2D eigenvalue weighted by atomic mass is 32.1. The number of hydrogen-bond donors (Lipinski definition) is 0. The molecule has 0 atom stereocenters. The average Bonchev–Trinajstić information content (AvgIpc) is 2.80. The molecular formula is C13H12N2OS. The molecule has 0 saturated carbocycles. The zero-order valence-electron chi connectivity index (χ0n) is 9.73. The van der Waals surface area contributed by atoms with E-state index in [1.807, 2.05) is 31.4 Å². The van der Waals surface area contributed by atoms with Gasteiger partial charge in [0.2, 0.25) is 0 Å². The van der Waals surface area contributed by atoms with E-state index in [0.717, 1.165) is 22.6 Å². The van der Waals surface area contributed by atoms with Gasteiger partial charge in [-0.15, -0.1) is 11.3 Å². The van der Waals surface area contributed by atoms with Crippen LogP contribution in [0, 0.1) is 25.2 Å². The van der Waals surface area contributed by atoms with Crippen LogP contribution in [0.5, 0.6) is 5.75 Å². The van der Waals surface area contributed by atoms with Gasteiger partial charge in [-0.3, -0.25) is 0 Å². The number of ether oxygens (including phenoxy) is 1. The molecule has 0 aliphatic carbocycles. The standard InChI is InChI=1S/C13H12N2OS/c1-9-3-11(5-14)4-10(2)13(9)16-6-12-7-17-8-15-12/h3-4,7-8H,6H2,1-2H3. The van der Waals surface area contributed by atoms with Crippen molar-refractivity contribution >= 4 is 11.3 Å². The summed E-state index contributed by atoms with van der Waals surface area (Å²) in [6, 6.07) is 5.81. The first-order valence-electron chi connectivity index (χ1n) is 5.22. The predicted molar refractivity (Wildman–Crippen MR) is 67.1 cm³/mol. The van der Waals surface area contributed by atoms with Gasteiger partial charge in [-0.05, 0) is 37.1 Å². The Morgan fingerprint density at radius 1 is 1.35 bits per heavy atom. The lowest BCUT2D eigenvalue weighted by molar-refractivity contribution is 0.298. The molecule has 86 valence electrons. The summed E-state index contributed by atoms with van der Waals surface area (Å²) in [7, 11) is 0. The molecule has 2 aromatic rings. The SMILES string of the molecule is Cc1cc(C#N)cc(C)c1OCc1cscn1. The normalized spacial score (nSPS) is 9.94. The van der Waals surface area contributed by atoms with E-state index in [0.29, 0.717) is 12.2 Å². The van der Waals surface area contributed by atoms with E-state index in [9.17, 15) is 0 Å². The highest BCUT2D eigenvalue weighted by Gasteiger charge is 2.07. The molecular weight excluding hydrogens is 232 g/mol. The van der Waals surface area contributed by atoms with Crippen molar-refractivity contribution < 1.29 is 4.74 Å². The van der Waals surface area contributed by atoms with E-state index in [2.05, 4.69) is 11.1 Å². The Morgan fingerprint density at radius 3 is 2.59 bits per heavy atom. The Balaban J connectivity index is 2.19. The third-order valence-corrected chi connectivity index (χ3v) is 3.07. The highest BCUT2D eigenvalue weighted by molar-refractivity contribution is 7.07. The fourth-order valence-electron chi connectivity index (χ4n) is 1.70. The second-order valence-corrected chi connectivity index (χ2v) is 4.54. The van der Waals surface area contributed by atoms with Gasteiger partial charge < -0.3 is 4.74 Å². The van der Waals surface area contributed by atoms with E-state index in [1.54, 1.807) is 16.8 Å². The van der Waals surface area contributed by atoms with Crippen LogP contribution in [0.15, 0.2) is 23.0 Å². The molecule has 0 amide bonds. The molecule has 17 heavy (non-hydrogen) atoms. The molecule has 0 radical (unpaired) electrons. The van der Waals surface area contributed by atoms with Gasteiger partial charge in [0.1, 0.15) is 12.4 Å². The maximum atomic E-state index is 8.86. The van der Waals surface area contributed by atoms with Crippen LogP contribution in [0.25, 0.3) is 0 Å². The van der Waals surface area contributed by atoms with E-state index >= 15 is 0 Å². The van der Waals surface area contributed by atoms with Crippen LogP contribution in [-0.4, -0.2) is 4.98 Å². The van der Waals surface area contributed by atoms with Crippen LogP contribution in [0.3, 0.4) is 0 Å². The monoisotopic (exact) mass is 244 g/mol. The fourth-order valence-corrected chi connectivity index (χ4v) is 2.24. The molecule has 0 N–H and O–H groups in total. The average molecular weight is 244 g/mol. The Bertz CT molecular complexity index is 532. The van der Waals surface area contributed by atoms with Crippen molar-refractivity contribution in [2.24, 2.45) is 0 Å². The number of nitriles is 1. The van der Waals surface area contributed by atoms with Crippen molar-refractivity contribution in [2.75, 3.05) is 0 Å². The van der Waals surface area contributed by atoms with Crippen LogP contribution >= 0.6 is 11.3 Å². The maximum Gasteiger partial charge on any atom is 0.131 e. The van der Waals surface area contributed by atoms with Gasteiger partial charge in [-0.2, -0.15) is 5.26 Å². The molecule has 2 rings (SSSR count).